The fraction of sp³-hybridized carbons (Fsp3) is 0. The lowest BCUT2D eigenvalue weighted by Crippen LogP contribution is -2.02. The Balaban J connectivity index is 0.000000217. The summed E-state index contributed by atoms with van der Waals surface area (Å²) in [7, 11) is -6.00. The van der Waals surface area contributed by atoms with Crippen LogP contribution in [0, 0.1) is 0 Å². The van der Waals surface area contributed by atoms with E-state index in [-0.39, 0.29) is 5.75 Å². The largest absolute Gasteiger partial charge is 0.673 e. The van der Waals surface area contributed by atoms with E-state index < -0.39 is 7.25 Å². The Morgan fingerprint density at radius 3 is 1.92 bits per heavy atom. The zero-order valence-electron chi connectivity index (χ0n) is 5.85. The lowest BCUT2D eigenvalue weighted by molar-refractivity contribution is -0.379. The van der Waals surface area contributed by atoms with Crippen LogP contribution in [0.1, 0.15) is 0 Å². The first-order chi connectivity index (χ1) is 5.39. The number of H-pyrrole nitrogens is 1. The molecule has 0 amide bonds. The van der Waals surface area contributed by atoms with Crippen LogP contribution in [-0.2, 0) is 0 Å². The van der Waals surface area contributed by atoms with Crippen LogP contribution < -0.4 is 4.98 Å². The molecule has 1 aromatic heterocycles. The van der Waals surface area contributed by atoms with E-state index in [2.05, 4.69) is 4.98 Å². The van der Waals surface area contributed by atoms with Gasteiger partial charge < -0.3 is 22.4 Å². The lowest BCUT2D eigenvalue weighted by Gasteiger charge is -1.94. The molecule has 0 aliphatic carbocycles. The molecule has 0 aromatic carbocycles. The summed E-state index contributed by atoms with van der Waals surface area (Å²) in [6, 6.07) is 3.34. The van der Waals surface area contributed by atoms with Crippen LogP contribution in [-0.4, -0.2) is 12.4 Å². The van der Waals surface area contributed by atoms with E-state index in [1.807, 2.05) is 0 Å². The minimum atomic E-state index is -6.00. The number of aromatic amines is 1. The predicted octanol–water partition coefficient (Wildman–Crippen LogP) is 1.51. The van der Waals surface area contributed by atoms with Gasteiger partial charge in [-0.3, -0.25) is 0 Å². The molecule has 12 heavy (non-hydrogen) atoms. The SMILES string of the molecule is F[B-](F)(F)F.Oc1ccc[nH+]c1. The average Bonchev–Trinajstić information content (AvgIpc) is 1.85. The quantitative estimate of drug-likeness (QED) is 0.479. The summed E-state index contributed by atoms with van der Waals surface area (Å²) >= 11 is 0. The Morgan fingerprint density at radius 2 is 1.75 bits per heavy atom. The van der Waals surface area contributed by atoms with Gasteiger partial charge in [-0.2, -0.15) is 0 Å². The molecule has 2 nitrogen and oxygen atoms in total. The number of nitrogens with one attached hydrogen (secondary N) is 1. The maximum atomic E-state index is 9.75. The zero-order chi connectivity index (χ0) is 9.61. The average molecular weight is 183 g/mol. The zero-order valence-corrected chi connectivity index (χ0v) is 5.85. The molecule has 7 heteroatoms. The van der Waals surface area contributed by atoms with Crippen molar-refractivity contribution in [2.75, 3.05) is 0 Å². The Bertz CT molecular complexity index is 208. The molecule has 0 unspecified atom stereocenters. The minimum Gasteiger partial charge on any atom is -0.503 e. The maximum Gasteiger partial charge on any atom is 0.673 e. The van der Waals surface area contributed by atoms with E-state index in [1.165, 1.54) is 6.20 Å². The summed E-state index contributed by atoms with van der Waals surface area (Å²) < 4.78 is 39.0. The number of aromatic hydroxyl groups is 1. The standard InChI is InChI=1S/C5H5NO.BF4/c7-5-2-1-3-6-4-5;2-1(3,4)5/h1-4,7H;/q;-1/p+1. The molecule has 0 fully saturated rings. The van der Waals surface area contributed by atoms with Gasteiger partial charge in [0.05, 0.1) is 0 Å². The third kappa shape index (κ3) is 11.5. The molecule has 0 aliphatic heterocycles. The van der Waals surface area contributed by atoms with Gasteiger partial charge in [0.2, 0.25) is 6.20 Å². The Labute approximate surface area is 66.0 Å². The van der Waals surface area contributed by atoms with Gasteiger partial charge in [-0.1, -0.05) is 0 Å². The van der Waals surface area contributed by atoms with Gasteiger partial charge in [0, 0.05) is 6.07 Å². The van der Waals surface area contributed by atoms with Crippen molar-refractivity contribution < 1.29 is 27.4 Å². The molecule has 0 spiro atoms. The second kappa shape index (κ2) is 4.58. The van der Waals surface area contributed by atoms with Crippen LogP contribution in [0.15, 0.2) is 24.5 Å². The van der Waals surface area contributed by atoms with Crippen molar-refractivity contribution in [1.29, 1.82) is 0 Å². The molecule has 1 heterocycles. The van der Waals surface area contributed by atoms with Gasteiger partial charge in [-0.05, 0) is 6.07 Å². The molecule has 0 bridgehead atoms. The molecule has 0 aliphatic rings. The van der Waals surface area contributed by atoms with E-state index in [1.54, 1.807) is 18.3 Å². The second-order valence-electron chi connectivity index (χ2n) is 1.76. The van der Waals surface area contributed by atoms with Crippen LogP contribution in [0.5, 0.6) is 5.75 Å². The first-order valence-electron chi connectivity index (χ1n) is 2.92. The number of hydrogen-bond donors (Lipinski definition) is 1. The minimum absolute atomic E-state index is 0.266. The molecule has 0 radical (unpaired) electrons. The van der Waals surface area contributed by atoms with Gasteiger partial charge in [0.1, 0.15) is 0 Å². The van der Waals surface area contributed by atoms with Crippen molar-refractivity contribution in [3.63, 3.8) is 0 Å². The highest BCUT2D eigenvalue weighted by Gasteiger charge is 2.20. The Hall–Kier alpha value is -1.27. The number of pyridine rings is 1. The van der Waals surface area contributed by atoms with E-state index in [0.717, 1.165) is 0 Å². The maximum absolute atomic E-state index is 9.75. The normalized spacial score (nSPS) is 10.0. The lowest BCUT2D eigenvalue weighted by atomic mass is 10.3. The molecule has 2 N–H and O–H groups in total. The fourth-order valence-corrected chi connectivity index (χ4v) is 0.384. The van der Waals surface area contributed by atoms with Crippen LogP contribution in [0.25, 0.3) is 0 Å². The number of hydrogen-bond acceptors (Lipinski definition) is 1. The number of aromatic nitrogens is 1. The van der Waals surface area contributed by atoms with E-state index in [9.17, 15) is 17.3 Å². The van der Waals surface area contributed by atoms with Crippen molar-refractivity contribution in [3.8, 4) is 5.75 Å². The molecule has 1 aromatic rings. The Kier molecular flexibility index (Phi) is 4.10. The van der Waals surface area contributed by atoms with Gasteiger partial charge in [0.25, 0.3) is 0 Å². The molecule has 1 rings (SSSR count). The van der Waals surface area contributed by atoms with E-state index in [4.69, 9.17) is 5.11 Å². The van der Waals surface area contributed by atoms with Crippen molar-refractivity contribution in [1.82, 2.24) is 0 Å². The molecule has 68 valence electrons. The highest BCUT2D eigenvalue weighted by Crippen LogP contribution is 2.06. The van der Waals surface area contributed by atoms with Crippen molar-refractivity contribution in [3.05, 3.63) is 24.5 Å². The third-order valence-corrected chi connectivity index (χ3v) is 0.691. The highest BCUT2D eigenvalue weighted by atomic mass is 19.5. The van der Waals surface area contributed by atoms with Gasteiger partial charge in [-0.25, -0.2) is 4.98 Å². The Morgan fingerprint density at radius 1 is 1.25 bits per heavy atom. The van der Waals surface area contributed by atoms with Gasteiger partial charge in [0.15, 0.2) is 11.9 Å². The summed E-state index contributed by atoms with van der Waals surface area (Å²) in [6.45, 7) is 0. The van der Waals surface area contributed by atoms with E-state index >= 15 is 0 Å². The first-order valence-corrected chi connectivity index (χ1v) is 2.92. The molecule has 0 saturated carbocycles. The van der Waals surface area contributed by atoms with Gasteiger partial charge >= 0.3 is 7.25 Å². The summed E-state index contributed by atoms with van der Waals surface area (Å²) in [5.74, 6) is 0.266. The van der Waals surface area contributed by atoms with Crippen LogP contribution in [0.3, 0.4) is 0 Å². The van der Waals surface area contributed by atoms with Crippen molar-refractivity contribution in [2.45, 2.75) is 0 Å². The predicted molar refractivity (Wildman–Crippen MR) is 34.8 cm³/mol. The van der Waals surface area contributed by atoms with Crippen molar-refractivity contribution >= 4 is 7.25 Å². The molecule has 0 atom stereocenters. The number of halogens is 4. The highest BCUT2D eigenvalue weighted by molar-refractivity contribution is 6.50. The summed E-state index contributed by atoms with van der Waals surface area (Å²) in [5, 5.41) is 8.60. The monoisotopic (exact) mass is 183 g/mol. The molecule has 0 saturated heterocycles. The van der Waals surface area contributed by atoms with Gasteiger partial charge in [-0.15, -0.1) is 0 Å². The first kappa shape index (κ1) is 10.7. The van der Waals surface area contributed by atoms with E-state index in [0.29, 0.717) is 0 Å². The summed E-state index contributed by atoms with van der Waals surface area (Å²) in [6.07, 6.45) is 3.25. The fourth-order valence-electron chi connectivity index (χ4n) is 0.384. The van der Waals surface area contributed by atoms with Crippen LogP contribution in [0.2, 0.25) is 0 Å². The summed E-state index contributed by atoms with van der Waals surface area (Å²) in [5.41, 5.74) is 0. The number of rotatable bonds is 0. The van der Waals surface area contributed by atoms with Crippen molar-refractivity contribution in [2.24, 2.45) is 0 Å². The second-order valence-corrected chi connectivity index (χ2v) is 1.76. The summed E-state index contributed by atoms with van der Waals surface area (Å²) in [4.78, 5) is 2.71. The topological polar surface area (TPSA) is 34.4 Å². The molecular weight excluding hydrogens is 177 g/mol. The molecular formula is C5H6BF4NO. The van der Waals surface area contributed by atoms with Crippen LogP contribution in [0.4, 0.5) is 17.3 Å². The smallest absolute Gasteiger partial charge is 0.503 e. The van der Waals surface area contributed by atoms with Crippen LogP contribution >= 0.6 is 0 Å². The third-order valence-electron chi connectivity index (χ3n) is 0.691.